The van der Waals surface area contributed by atoms with Gasteiger partial charge in [0.1, 0.15) is 0 Å². The minimum atomic E-state index is -4.47. The Balaban J connectivity index is 2.87. The van der Waals surface area contributed by atoms with Crippen LogP contribution in [0.2, 0.25) is 0 Å². The molecule has 0 amide bonds. The summed E-state index contributed by atoms with van der Waals surface area (Å²) in [7, 11) is 0. The number of carbonyl (C=O) groups excluding carboxylic acids is 1. The first-order valence-corrected chi connectivity index (χ1v) is 5.31. The van der Waals surface area contributed by atoms with Gasteiger partial charge in [-0.2, -0.15) is 18.3 Å². The number of rotatable bonds is 5. The molecule has 18 heavy (non-hydrogen) atoms. The molecule has 5 nitrogen and oxygen atoms in total. The minimum Gasteiger partial charge on any atom is -0.480 e. The molecule has 1 rings (SSSR count). The smallest absolute Gasteiger partial charge is 0.422 e. The van der Waals surface area contributed by atoms with Gasteiger partial charge >= 0.3 is 12.1 Å². The number of esters is 1. The minimum absolute atomic E-state index is 0.108. The fourth-order valence-electron chi connectivity index (χ4n) is 1.17. The Morgan fingerprint density at radius 1 is 1.44 bits per heavy atom. The number of aryl methyl sites for hydroxylation is 1. The highest BCUT2D eigenvalue weighted by Crippen LogP contribution is 2.22. The summed E-state index contributed by atoms with van der Waals surface area (Å²) in [5.74, 6) is -1.03. The standard InChI is InChI=1S/C10H13F3N2O3/c1-3-15-5-7(18-6-10(11,12)13)8(14-15)9(16)17-4-2/h5H,3-4,6H2,1-2H3. The zero-order chi connectivity index (χ0) is 13.8. The fraction of sp³-hybridized carbons (Fsp3) is 0.600. The summed E-state index contributed by atoms with van der Waals surface area (Å²) in [6.07, 6.45) is -3.24. The summed E-state index contributed by atoms with van der Waals surface area (Å²) in [5, 5.41) is 3.80. The fourth-order valence-corrected chi connectivity index (χ4v) is 1.17. The van der Waals surface area contributed by atoms with Crippen LogP contribution in [-0.4, -0.2) is 35.1 Å². The van der Waals surface area contributed by atoms with Crippen LogP contribution in [0.15, 0.2) is 6.20 Å². The maximum atomic E-state index is 12.0. The van der Waals surface area contributed by atoms with Crippen LogP contribution >= 0.6 is 0 Å². The van der Waals surface area contributed by atoms with Gasteiger partial charge in [-0.1, -0.05) is 0 Å². The molecule has 0 fully saturated rings. The number of hydrogen-bond acceptors (Lipinski definition) is 4. The Morgan fingerprint density at radius 2 is 2.11 bits per heavy atom. The molecule has 0 saturated heterocycles. The largest absolute Gasteiger partial charge is 0.480 e. The molecular formula is C10H13F3N2O3. The third-order valence-electron chi connectivity index (χ3n) is 1.91. The number of aromatic nitrogens is 2. The summed E-state index contributed by atoms with van der Waals surface area (Å²) in [4.78, 5) is 11.5. The van der Waals surface area contributed by atoms with E-state index in [2.05, 4.69) is 14.6 Å². The van der Waals surface area contributed by atoms with Crippen molar-refractivity contribution in [2.24, 2.45) is 0 Å². The van der Waals surface area contributed by atoms with Crippen LogP contribution in [0.4, 0.5) is 13.2 Å². The second-order valence-corrected chi connectivity index (χ2v) is 3.32. The second-order valence-electron chi connectivity index (χ2n) is 3.32. The van der Waals surface area contributed by atoms with E-state index in [1.165, 1.54) is 10.9 Å². The van der Waals surface area contributed by atoms with Crippen molar-refractivity contribution >= 4 is 5.97 Å². The molecule has 0 aromatic carbocycles. The lowest BCUT2D eigenvalue weighted by Gasteiger charge is -2.08. The van der Waals surface area contributed by atoms with E-state index in [0.717, 1.165) is 0 Å². The van der Waals surface area contributed by atoms with Crippen molar-refractivity contribution in [3.05, 3.63) is 11.9 Å². The normalized spacial score (nSPS) is 11.4. The van der Waals surface area contributed by atoms with Gasteiger partial charge in [0, 0.05) is 6.54 Å². The number of alkyl halides is 3. The van der Waals surface area contributed by atoms with Crippen LogP contribution in [-0.2, 0) is 11.3 Å². The maximum Gasteiger partial charge on any atom is 0.422 e. The highest BCUT2D eigenvalue weighted by molar-refractivity contribution is 5.90. The van der Waals surface area contributed by atoms with E-state index in [1.807, 2.05) is 0 Å². The second kappa shape index (κ2) is 5.74. The van der Waals surface area contributed by atoms with E-state index in [9.17, 15) is 18.0 Å². The predicted molar refractivity (Wildman–Crippen MR) is 55.4 cm³/mol. The first kappa shape index (κ1) is 14.3. The number of halogens is 3. The Labute approximate surface area is 101 Å². The molecule has 0 spiro atoms. The molecule has 0 bridgehead atoms. The molecule has 1 aromatic heterocycles. The zero-order valence-corrected chi connectivity index (χ0v) is 9.95. The number of hydrogen-bond donors (Lipinski definition) is 0. The molecule has 0 N–H and O–H groups in total. The molecular weight excluding hydrogens is 253 g/mol. The van der Waals surface area contributed by atoms with Crippen molar-refractivity contribution in [2.45, 2.75) is 26.6 Å². The molecule has 102 valence electrons. The Bertz CT molecular complexity index is 415. The van der Waals surface area contributed by atoms with Gasteiger partial charge in [-0.05, 0) is 13.8 Å². The van der Waals surface area contributed by atoms with E-state index >= 15 is 0 Å². The molecule has 1 heterocycles. The summed E-state index contributed by atoms with van der Waals surface area (Å²) in [6, 6.07) is 0. The van der Waals surface area contributed by atoms with Gasteiger partial charge in [0.25, 0.3) is 0 Å². The average molecular weight is 266 g/mol. The van der Waals surface area contributed by atoms with Crippen molar-refractivity contribution in [1.29, 1.82) is 0 Å². The SMILES string of the molecule is CCOC(=O)c1nn(CC)cc1OCC(F)(F)F. The monoisotopic (exact) mass is 266 g/mol. The molecule has 1 aromatic rings. The lowest BCUT2D eigenvalue weighted by molar-refractivity contribution is -0.153. The van der Waals surface area contributed by atoms with E-state index in [-0.39, 0.29) is 18.1 Å². The molecule has 8 heteroatoms. The molecule has 0 radical (unpaired) electrons. The van der Waals surface area contributed by atoms with E-state index in [4.69, 9.17) is 0 Å². The van der Waals surface area contributed by atoms with Gasteiger partial charge in [0.2, 0.25) is 5.69 Å². The van der Waals surface area contributed by atoms with Crippen molar-refractivity contribution < 1.29 is 27.4 Å². The van der Waals surface area contributed by atoms with Gasteiger partial charge in [0.05, 0.1) is 12.8 Å². The van der Waals surface area contributed by atoms with Gasteiger partial charge < -0.3 is 9.47 Å². The topological polar surface area (TPSA) is 53.3 Å². The van der Waals surface area contributed by atoms with E-state index in [1.54, 1.807) is 13.8 Å². The van der Waals surface area contributed by atoms with Crippen LogP contribution in [0, 0.1) is 0 Å². The van der Waals surface area contributed by atoms with E-state index < -0.39 is 18.8 Å². The van der Waals surface area contributed by atoms with Crippen molar-refractivity contribution in [1.82, 2.24) is 9.78 Å². The first-order valence-electron chi connectivity index (χ1n) is 5.31. The zero-order valence-electron chi connectivity index (χ0n) is 9.95. The number of carbonyl (C=O) groups is 1. The molecule has 0 unspecified atom stereocenters. The van der Waals surface area contributed by atoms with Crippen molar-refractivity contribution in [3.8, 4) is 5.75 Å². The lowest BCUT2D eigenvalue weighted by Crippen LogP contribution is -2.20. The van der Waals surface area contributed by atoms with Gasteiger partial charge in [-0.15, -0.1) is 0 Å². The first-order chi connectivity index (χ1) is 8.37. The highest BCUT2D eigenvalue weighted by atomic mass is 19.4. The third-order valence-corrected chi connectivity index (χ3v) is 1.91. The molecule has 0 atom stereocenters. The van der Waals surface area contributed by atoms with Crippen LogP contribution in [0.1, 0.15) is 24.3 Å². The Kier molecular flexibility index (Phi) is 4.57. The molecule has 0 aliphatic heterocycles. The predicted octanol–water partition coefficient (Wildman–Crippen LogP) is 2.02. The van der Waals surface area contributed by atoms with E-state index in [0.29, 0.717) is 6.54 Å². The average Bonchev–Trinajstić information content (AvgIpc) is 2.69. The van der Waals surface area contributed by atoms with Crippen LogP contribution in [0.3, 0.4) is 0 Å². The summed E-state index contributed by atoms with van der Waals surface area (Å²) >= 11 is 0. The lowest BCUT2D eigenvalue weighted by atomic mass is 10.4. The van der Waals surface area contributed by atoms with Crippen molar-refractivity contribution in [2.75, 3.05) is 13.2 Å². The van der Waals surface area contributed by atoms with Crippen molar-refractivity contribution in [3.63, 3.8) is 0 Å². The van der Waals surface area contributed by atoms with Crippen LogP contribution in [0.25, 0.3) is 0 Å². The summed E-state index contributed by atoms with van der Waals surface area (Å²) < 4.78 is 46.7. The number of ether oxygens (including phenoxy) is 2. The van der Waals surface area contributed by atoms with Gasteiger partial charge in [0.15, 0.2) is 12.4 Å². The summed E-state index contributed by atoms with van der Waals surface area (Å²) in [6.45, 7) is 2.35. The molecule has 0 aliphatic carbocycles. The van der Waals surface area contributed by atoms with Crippen LogP contribution < -0.4 is 4.74 Å². The van der Waals surface area contributed by atoms with Crippen LogP contribution in [0.5, 0.6) is 5.75 Å². The molecule has 0 aliphatic rings. The maximum absolute atomic E-state index is 12.0. The number of nitrogens with zero attached hydrogens (tertiary/aromatic N) is 2. The molecule has 0 saturated carbocycles. The third kappa shape index (κ3) is 3.94. The van der Waals surface area contributed by atoms with Gasteiger partial charge in [-0.3, -0.25) is 4.68 Å². The Hall–Kier alpha value is -1.73. The quantitative estimate of drug-likeness (QED) is 0.765. The Morgan fingerprint density at radius 3 is 2.61 bits per heavy atom. The summed E-state index contributed by atoms with van der Waals surface area (Å²) in [5.41, 5.74) is -0.247. The highest BCUT2D eigenvalue weighted by Gasteiger charge is 2.30. The van der Waals surface area contributed by atoms with Gasteiger partial charge in [-0.25, -0.2) is 4.79 Å².